The molecule has 8 nitrogen and oxygen atoms in total. The molecule has 0 saturated heterocycles. The fraction of sp³-hybridized carbons (Fsp3) is 0.385. The van der Waals surface area contributed by atoms with Gasteiger partial charge in [0.25, 0.3) is 5.91 Å². The van der Waals surface area contributed by atoms with E-state index < -0.39 is 35.9 Å². The van der Waals surface area contributed by atoms with E-state index >= 15 is 0 Å². The number of carbonyl (C=O) groups is 4. The van der Waals surface area contributed by atoms with Crippen LogP contribution in [0.5, 0.6) is 0 Å². The number of hydrogen-bond acceptors (Lipinski definition) is 4. The molecule has 8 heteroatoms. The summed E-state index contributed by atoms with van der Waals surface area (Å²) >= 11 is 0. The maximum absolute atomic E-state index is 13.5. The van der Waals surface area contributed by atoms with Gasteiger partial charge in [-0.15, -0.1) is 0 Å². The van der Waals surface area contributed by atoms with E-state index in [1.807, 2.05) is 24.3 Å². The Balaban J connectivity index is 1.36. The first-order valence-electron chi connectivity index (χ1n) is 11.8. The quantitative estimate of drug-likeness (QED) is 0.609. The van der Waals surface area contributed by atoms with Gasteiger partial charge >= 0.3 is 5.97 Å². The molecule has 2 heterocycles. The normalized spacial score (nSPS) is 22.2. The molecule has 0 bridgehead atoms. The summed E-state index contributed by atoms with van der Waals surface area (Å²) in [5, 5.41) is 15.5. The van der Waals surface area contributed by atoms with Crippen LogP contribution in [0.3, 0.4) is 0 Å². The number of anilines is 1. The van der Waals surface area contributed by atoms with Gasteiger partial charge in [0.05, 0.1) is 5.69 Å². The van der Waals surface area contributed by atoms with Crippen LogP contribution in [0.15, 0.2) is 48.5 Å². The Labute approximate surface area is 197 Å². The molecule has 0 radical (unpaired) electrons. The van der Waals surface area contributed by atoms with Crippen LogP contribution in [-0.4, -0.2) is 46.9 Å². The minimum atomic E-state index is -1.06. The molecule has 2 aliphatic heterocycles. The van der Waals surface area contributed by atoms with Crippen LogP contribution in [-0.2, 0) is 27.2 Å². The van der Waals surface area contributed by atoms with E-state index in [1.165, 1.54) is 4.90 Å². The molecule has 3 atom stereocenters. The average molecular weight is 462 g/mol. The van der Waals surface area contributed by atoms with Crippen molar-refractivity contribution in [2.24, 2.45) is 5.92 Å². The van der Waals surface area contributed by atoms with Crippen LogP contribution in [0, 0.1) is 5.92 Å². The van der Waals surface area contributed by atoms with Gasteiger partial charge in [0.1, 0.15) is 18.1 Å². The summed E-state index contributed by atoms with van der Waals surface area (Å²) in [5.41, 5.74) is 2.89. The van der Waals surface area contributed by atoms with Gasteiger partial charge in [-0.3, -0.25) is 19.3 Å². The molecule has 3 amide bonds. The van der Waals surface area contributed by atoms with Gasteiger partial charge in [0, 0.05) is 12.0 Å². The minimum absolute atomic E-state index is 0.0101. The number of nitrogens with zero attached hydrogens (tertiary/aromatic N) is 1. The Morgan fingerprint density at radius 3 is 2.38 bits per heavy atom. The standard InChI is InChI=1S/C26H27N3O5/c30-23(17-6-2-1-3-7-17)28-21(15-8-4-9-15)24(31)27-19-13-12-16-10-5-11-18-14-20(26(33)34)29(22(16)18)25(19)32/h1-3,5-7,10-11,15,19-21H,4,8-9,12-14H2,(H,27,31)(H,28,30)(H,33,34)/t19-,20-,21-/m0/s1. The topological polar surface area (TPSA) is 116 Å². The first kappa shape index (κ1) is 22.1. The van der Waals surface area contributed by atoms with E-state index in [0.717, 1.165) is 30.4 Å². The van der Waals surface area contributed by atoms with Crippen molar-refractivity contribution in [2.45, 2.75) is 56.7 Å². The number of aryl methyl sites for hydroxylation is 1. The average Bonchev–Trinajstić information content (AvgIpc) is 3.14. The van der Waals surface area contributed by atoms with Crippen molar-refractivity contribution >= 4 is 29.4 Å². The van der Waals surface area contributed by atoms with Crippen molar-refractivity contribution < 1.29 is 24.3 Å². The Kier molecular flexibility index (Phi) is 5.81. The Hall–Kier alpha value is -3.68. The van der Waals surface area contributed by atoms with Crippen LogP contribution in [0.1, 0.15) is 47.2 Å². The Bertz CT molecular complexity index is 1140. The Morgan fingerprint density at radius 2 is 1.71 bits per heavy atom. The molecule has 2 aromatic carbocycles. The number of nitrogens with one attached hydrogen (secondary N) is 2. The van der Waals surface area contributed by atoms with E-state index in [4.69, 9.17) is 0 Å². The molecule has 1 fully saturated rings. The van der Waals surface area contributed by atoms with Crippen molar-refractivity contribution in [3.63, 3.8) is 0 Å². The van der Waals surface area contributed by atoms with Crippen molar-refractivity contribution in [3.8, 4) is 0 Å². The van der Waals surface area contributed by atoms with Gasteiger partial charge in [0.15, 0.2) is 0 Å². The van der Waals surface area contributed by atoms with E-state index in [1.54, 1.807) is 24.3 Å². The lowest BCUT2D eigenvalue weighted by molar-refractivity contribution is -0.140. The van der Waals surface area contributed by atoms with E-state index in [-0.39, 0.29) is 18.2 Å². The largest absolute Gasteiger partial charge is 0.480 e. The maximum Gasteiger partial charge on any atom is 0.327 e. The van der Waals surface area contributed by atoms with Crippen LogP contribution >= 0.6 is 0 Å². The highest BCUT2D eigenvalue weighted by Gasteiger charge is 2.45. The van der Waals surface area contributed by atoms with Crippen LogP contribution in [0.25, 0.3) is 0 Å². The second-order valence-electron chi connectivity index (χ2n) is 9.30. The third-order valence-corrected chi connectivity index (χ3v) is 7.23. The molecule has 176 valence electrons. The van der Waals surface area contributed by atoms with Gasteiger partial charge in [-0.1, -0.05) is 42.8 Å². The van der Waals surface area contributed by atoms with E-state index in [9.17, 15) is 24.3 Å². The van der Waals surface area contributed by atoms with Crippen molar-refractivity contribution in [3.05, 3.63) is 65.2 Å². The number of para-hydroxylation sites is 1. The van der Waals surface area contributed by atoms with Gasteiger partial charge in [-0.2, -0.15) is 0 Å². The molecule has 2 aromatic rings. The number of rotatable bonds is 6. The van der Waals surface area contributed by atoms with E-state index in [2.05, 4.69) is 10.6 Å². The Morgan fingerprint density at radius 1 is 0.971 bits per heavy atom. The highest BCUT2D eigenvalue weighted by molar-refractivity contribution is 6.07. The third kappa shape index (κ3) is 3.93. The number of carboxylic acid groups (broad SMARTS) is 1. The van der Waals surface area contributed by atoms with Crippen LogP contribution in [0.4, 0.5) is 5.69 Å². The van der Waals surface area contributed by atoms with Gasteiger partial charge in [-0.25, -0.2) is 4.79 Å². The lowest BCUT2D eigenvalue weighted by Gasteiger charge is -2.34. The number of carbonyl (C=O) groups excluding carboxylic acids is 3. The molecular weight excluding hydrogens is 434 g/mol. The number of benzene rings is 2. The zero-order chi connectivity index (χ0) is 23.8. The summed E-state index contributed by atoms with van der Waals surface area (Å²) in [6.07, 6.45) is 3.82. The molecule has 0 spiro atoms. The van der Waals surface area contributed by atoms with Crippen molar-refractivity contribution in [1.29, 1.82) is 0 Å². The van der Waals surface area contributed by atoms with E-state index in [0.29, 0.717) is 24.1 Å². The number of amides is 3. The summed E-state index contributed by atoms with van der Waals surface area (Å²) < 4.78 is 0. The lowest BCUT2D eigenvalue weighted by Crippen LogP contribution is -2.58. The van der Waals surface area contributed by atoms with Crippen LogP contribution < -0.4 is 15.5 Å². The lowest BCUT2D eigenvalue weighted by atomic mass is 9.79. The molecule has 1 saturated carbocycles. The zero-order valence-electron chi connectivity index (χ0n) is 18.7. The smallest absolute Gasteiger partial charge is 0.327 e. The molecule has 3 N–H and O–H groups in total. The third-order valence-electron chi connectivity index (χ3n) is 7.23. The van der Waals surface area contributed by atoms with Crippen LogP contribution in [0.2, 0.25) is 0 Å². The second kappa shape index (κ2) is 8.93. The molecule has 0 aromatic heterocycles. The highest BCUT2D eigenvalue weighted by Crippen LogP contribution is 2.39. The van der Waals surface area contributed by atoms with Crippen molar-refractivity contribution in [2.75, 3.05) is 4.90 Å². The molecule has 3 aliphatic rings. The minimum Gasteiger partial charge on any atom is -0.480 e. The zero-order valence-corrected chi connectivity index (χ0v) is 18.7. The summed E-state index contributed by atoms with van der Waals surface area (Å²) in [5.74, 6) is -2.20. The first-order valence-corrected chi connectivity index (χ1v) is 11.8. The highest BCUT2D eigenvalue weighted by atomic mass is 16.4. The molecule has 1 aliphatic carbocycles. The predicted molar refractivity (Wildman–Crippen MR) is 124 cm³/mol. The summed E-state index contributed by atoms with van der Waals surface area (Å²) in [4.78, 5) is 52.9. The number of hydrogen-bond donors (Lipinski definition) is 3. The molecule has 5 rings (SSSR count). The fourth-order valence-electron chi connectivity index (χ4n) is 5.21. The predicted octanol–water partition coefficient (Wildman–Crippen LogP) is 2.06. The van der Waals surface area contributed by atoms with Crippen molar-refractivity contribution in [1.82, 2.24) is 10.6 Å². The summed E-state index contributed by atoms with van der Waals surface area (Å²) in [6, 6.07) is 11.8. The van der Waals surface area contributed by atoms with Gasteiger partial charge < -0.3 is 15.7 Å². The maximum atomic E-state index is 13.5. The second-order valence-corrected chi connectivity index (χ2v) is 9.30. The molecular formula is C26H27N3O5. The van der Waals surface area contributed by atoms with Gasteiger partial charge in [0.2, 0.25) is 11.8 Å². The molecule has 0 unspecified atom stereocenters. The first-order chi connectivity index (χ1) is 16.4. The number of carboxylic acids is 1. The monoisotopic (exact) mass is 461 g/mol. The molecule has 34 heavy (non-hydrogen) atoms. The number of aliphatic carboxylic acids is 1. The summed E-state index contributed by atoms with van der Waals surface area (Å²) in [7, 11) is 0. The fourth-order valence-corrected chi connectivity index (χ4v) is 5.21. The van der Waals surface area contributed by atoms with Gasteiger partial charge in [-0.05, 0) is 54.9 Å². The summed E-state index contributed by atoms with van der Waals surface area (Å²) in [6.45, 7) is 0. The SMILES string of the molecule is O=C(N[C@H](C(=O)N[C@H]1CCc2cccc3c2N(C1=O)[C@H](C(=O)O)C3)C1CCC1)c1ccccc1.